The van der Waals surface area contributed by atoms with Crippen LogP contribution in [-0.2, 0) is 14.3 Å². The zero-order valence-corrected chi connectivity index (χ0v) is 15.7. The van der Waals surface area contributed by atoms with Gasteiger partial charge in [0.15, 0.2) is 6.61 Å². The minimum absolute atomic E-state index is 0.120. The van der Waals surface area contributed by atoms with E-state index in [0.717, 1.165) is 11.4 Å². The van der Waals surface area contributed by atoms with Gasteiger partial charge in [-0.3, -0.25) is 14.5 Å². The van der Waals surface area contributed by atoms with Gasteiger partial charge < -0.3 is 10.1 Å². The SMILES string of the molecule is Cc1ccnn1-c1ccc(C(=O)OCC(=O)N2CC(=O)Nc3ccccc32)cc1. The van der Waals surface area contributed by atoms with E-state index >= 15 is 0 Å². The fourth-order valence-corrected chi connectivity index (χ4v) is 3.12. The molecule has 0 radical (unpaired) electrons. The average Bonchev–Trinajstić information content (AvgIpc) is 3.17. The summed E-state index contributed by atoms with van der Waals surface area (Å²) < 4.78 is 6.91. The second-order valence-electron chi connectivity index (χ2n) is 6.55. The maximum absolute atomic E-state index is 12.5. The minimum Gasteiger partial charge on any atom is -0.452 e. The molecule has 8 heteroatoms. The second-order valence-corrected chi connectivity index (χ2v) is 6.55. The number of aryl methyl sites for hydroxylation is 1. The minimum atomic E-state index is -0.614. The van der Waals surface area contributed by atoms with Crippen LogP contribution in [0.3, 0.4) is 0 Å². The van der Waals surface area contributed by atoms with Crippen molar-refractivity contribution in [1.29, 1.82) is 0 Å². The van der Waals surface area contributed by atoms with Crippen molar-refractivity contribution in [3.8, 4) is 5.69 Å². The lowest BCUT2D eigenvalue weighted by molar-refractivity contribution is -0.124. The fourth-order valence-electron chi connectivity index (χ4n) is 3.12. The van der Waals surface area contributed by atoms with Crippen LogP contribution >= 0.6 is 0 Å². The number of fused-ring (bicyclic) bond motifs is 1. The van der Waals surface area contributed by atoms with Gasteiger partial charge in [-0.2, -0.15) is 5.10 Å². The first-order valence-electron chi connectivity index (χ1n) is 9.00. The van der Waals surface area contributed by atoms with Crippen molar-refractivity contribution in [3.05, 3.63) is 72.1 Å². The van der Waals surface area contributed by atoms with E-state index in [9.17, 15) is 14.4 Å². The van der Waals surface area contributed by atoms with Crippen LogP contribution in [0.5, 0.6) is 0 Å². The molecule has 1 aliphatic heterocycles. The summed E-state index contributed by atoms with van der Waals surface area (Å²) in [5.74, 6) is -1.38. The number of benzene rings is 2. The standard InChI is InChI=1S/C21H18N4O4/c1-14-10-11-22-25(14)16-8-6-15(7-9-16)21(28)29-13-20(27)24-12-19(26)23-17-4-2-3-5-18(17)24/h2-11H,12-13H2,1H3,(H,23,26). The number of anilines is 2. The fraction of sp³-hybridized carbons (Fsp3) is 0.143. The number of carbonyl (C=O) groups excluding carboxylic acids is 3. The number of rotatable bonds is 4. The monoisotopic (exact) mass is 390 g/mol. The Balaban J connectivity index is 1.42. The predicted molar refractivity (Wildman–Crippen MR) is 106 cm³/mol. The lowest BCUT2D eigenvalue weighted by Crippen LogP contribution is -2.44. The summed E-state index contributed by atoms with van der Waals surface area (Å²) in [6.45, 7) is 1.35. The summed E-state index contributed by atoms with van der Waals surface area (Å²) >= 11 is 0. The molecule has 0 atom stereocenters. The van der Waals surface area contributed by atoms with Crippen LogP contribution in [0, 0.1) is 6.92 Å². The number of nitrogens with zero attached hydrogens (tertiary/aromatic N) is 3. The van der Waals surface area contributed by atoms with Gasteiger partial charge in [0.05, 0.1) is 22.6 Å². The van der Waals surface area contributed by atoms with Crippen molar-refractivity contribution in [2.45, 2.75) is 6.92 Å². The zero-order valence-electron chi connectivity index (χ0n) is 15.7. The Hall–Kier alpha value is -3.94. The molecule has 0 fully saturated rings. The lowest BCUT2D eigenvalue weighted by atomic mass is 10.2. The van der Waals surface area contributed by atoms with Gasteiger partial charge in [0, 0.05) is 11.9 Å². The third-order valence-electron chi connectivity index (χ3n) is 4.58. The van der Waals surface area contributed by atoms with Crippen molar-refractivity contribution in [1.82, 2.24) is 9.78 Å². The number of hydrogen-bond acceptors (Lipinski definition) is 5. The van der Waals surface area contributed by atoms with Crippen LogP contribution in [0.2, 0.25) is 0 Å². The third kappa shape index (κ3) is 3.73. The zero-order chi connectivity index (χ0) is 20.4. The Morgan fingerprint density at radius 1 is 1.10 bits per heavy atom. The summed E-state index contributed by atoms with van der Waals surface area (Å²) in [5, 5.41) is 6.92. The van der Waals surface area contributed by atoms with Crippen molar-refractivity contribution >= 4 is 29.2 Å². The van der Waals surface area contributed by atoms with Crippen molar-refractivity contribution in [2.75, 3.05) is 23.4 Å². The molecule has 3 aromatic rings. The molecule has 1 aliphatic rings. The molecule has 1 aromatic heterocycles. The highest BCUT2D eigenvalue weighted by Crippen LogP contribution is 2.28. The van der Waals surface area contributed by atoms with Crippen LogP contribution in [-0.4, -0.2) is 40.7 Å². The number of carbonyl (C=O) groups is 3. The molecule has 2 aromatic carbocycles. The first-order valence-corrected chi connectivity index (χ1v) is 9.00. The van der Waals surface area contributed by atoms with Gasteiger partial charge in [0.2, 0.25) is 5.91 Å². The summed E-state index contributed by atoms with van der Waals surface area (Å²) in [4.78, 5) is 38.0. The number of aromatic nitrogens is 2. The molecule has 146 valence electrons. The van der Waals surface area contributed by atoms with E-state index in [-0.39, 0.29) is 12.5 Å². The topological polar surface area (TPSA) is 93.5 Å². The second kappa shape index (κ2) is 7.59. The molecule has 2 heterocycles. The molecule has 2 amide bonds. The number of esters is 1. The molecule has 0 spiro atoms. The van der Waals surface area contributed by atoms with E-state index in [4.69, 9.17) is 4.74 Å². The molecule has 0 saturated carbocycles. The third-order valence-corrected chi connectivity index (χ3v) is 4.58. The Morgan fingerprint density at radius 3 is 2.59 bits per heavy atom. The Morgan fingerprint density at radius 2 is 1.86 bits per heavy atom. The Bertz CT molecular complexity index is 1090. The molecule has 0 aliphatic carbocycles. The van der Waals surface area contributed by atoms with E-state index in [0.29, 0.717) is 16.9 Å². The highest BCUT2D eigenvalue weighted by Gasteiger charge is 2.27. The molecule has 0 unspecified atom stereocenters. The van der Waals surface area contributed by atoms with Crippen molar-refractivity contribution in [3.63, 3.8) is 0 Å². The van der Waals surface area contributed by atoms with Crippen LogP contribution < -0.4 is 10.2 Å². The molecule has 4 rings (SSSR count). The number of hydrogen-bond donors (Lipinski definition) is 1. The van der Waals surface area contributed by atoms with Gasteiger partial charge in [-0.1, -0.05) is 12.1 Å². The van der Waals surface area contributed by atoms with Crippen molar-refractivity contribution in [2.24, 2.45) is 0 Å². The average molecular weight is 390 g/mol. The Kier molecular flexibility index (Phi) is 4.82. The number of para-hydroxylation sites is 2. The Labute approximate surface area is 166 Å². The molecule has 0 saturated heterocycles. The van der Waals surface area contributed by atoms with Crippen LogP contribution in [0.4, 0.5) is 11.4 Å². The summed E-state index contributed by atoms with van der Waals surface area (Å²) in [6.07, 6.45) is 1.70. The largest absolute Gasteiger partial charge is 0.452 e. The molecule has 0 bridgehead atoms. The summed E-state index contributed by atoms with van der Waals surface area (Å²) in [6, 6.07) is 15.6. The predicted octanol–water partition coefficient (Wildman–Crippen LogP) is 2.32. The maximum atomic E-state index is 12.5. The van der Waals surface area contributed by atoms with E-state index in [1.807, 2.05) is 13.0 Å². The first-order chi connectivity index (χ1) is 14.0. The van der Waals surface area contributed by atoms with E-state index in [1.165, 1.54) is 4.90 Å². The van der Waals surface area contributed by atoms with E-state index < -0.39 is 18.5 Å². The van der Waals surface area contributed by atoms with Gasteiger partial charge >= 0.3 is 5.97 Å². The highest BCUT2D eigenvalue weighted by molar-refractivity contribution is 6.10. The normalized spacial score (nSPS) is 12.9. The summed E-state index contributed by atoms with van der Waals surface area (Å²) in [5.41, 5.74) is 3.23. The first kappa shape index (κ1) is 18.4. The number of nitrogens with one attached hydrogen (secondary N) is 1. The number of amides is 2. The molecular weight excluding hydrogens is 372 g/mol. The molecule has 29 heavy (non-hydrogen) atoms. The quantitative estimate of drug-likeness (QED) is 0.690. The van der Waals surface area contributed by atoms with Crippen LogP contribution in [0.25, 0.3) is 5.69 Å². The van der Waals surface area contributed by atoms with Gasteiger partial charge in [0.25, 0.3) is 5.91 Å². The maximum Gasteiger partial charge on any atom is 0.338 e. The molecular formula is C21H18N4O4. The van der Waals surface area contributed by atoms with Gasteiger partial charge in [-0.05, 0) is 49.4 Å². The van der Waals surface area contributed by atoms with Crippen molar-refractivity contribution < 1.29 is 19.1 Å². The summed E-state index contributed by atoms with van der Waals surface area (Å²) in [7, 11) is 0. The van der Waals surface area contributed by atoms with Gasteiger partial charge in [-0.15, -0.1) is 0 Å². The number of ether oxygens (including phenoxy) is 1. The highest BCUT2D eigenvalue weighted by atomic mass is 16.5. The van der Waals surface area contributed by atoms with Crippen LogP contribution in [0.15, 0.2) is 60.8 Å². The lowest BCUT2D eigenvalue weighted by Gasteiger charge is -2.28. The van der Waals surface area contributed by atoms with E-state index in [2.05, 4.69) is 10.4 Å². The van der Waals surface area contributed by atoms with Crippen LogP contribution in [0.1, 0.15) is 16.1 Å². The van der Waals surface area contributed by atoms with Gasteiger partial charge in [0.1, 0.15) is 6.54 Å². The van der Waals surface area contributed by atoms with E-state index in [1.54, 1.807) is 59.4 Å². The molecule has 8 nitrogen and oxygen atoms in total. The smallest absolute Gasteiger partial charge is 0.338 e. The van der Waals surface area contributed by atoms with Gasteiger partial charge in [-0.25, -0.2) is 9.48 Å². The molecule has 1 N–H and O–H groups in total.